The average molecular weight is 490 g/mol. The van der Waals surface area contributed by atoms with Crippen LogP contribution in [0.4, 0.5) is 5.82 Å². The van der Waals surface area contributed by atoms with Gasteiger partial charge in [0.25, 0.3) is 0 Å². The lowest BCUT2D eigenvalue weighted by molar-refractivity contribution is -0.129. The standard InChI is InChI=1S/C25H25BClN5O3/c1-31(24(33)12-16-7-8-21-22(11-16)35-15-34-21)10-4-9-28-23-13-20(17-5-2-3-6-19(17)27)30-25-18(26)14-29-32(23)25/h2-3,5-8,11,13-14,28H,4,9-10,12,15,26H2,1H3. The van der Waals surface area contributed by atoms with E-state index in [4.69, 9.17) is 26.1 Å². The van der Waals surface area contributed by atoms with Gasteiger partial charge in [0.15, 0.2) is 17.1 Å². The van der Waals surface area contributed by atoms with Crippen molar-refractivity contribution in [3.63, 3.8) is 0 Å². The number of carbonyl (C=O) groups excluding carboxylic acids is 1. The third kappa shape index (κ3) is 4.90. The molecule has 1 amide bonds. The zero-order valence-corrected chi connectivity index (χ0v) is 20.4. The minimum Gasteiger partial charge on any atom is -0.454 e. The van der Waals surface area contributed by atoms with E-state index in [0.717, 1.165) is 45.9 Å². The second-order valence-electron chi connectivity index (χ2n) is 8.53. The van der Waals surface area contributed by atoms with E-state index in [9.17, 15) is 4.79 Å². The van der Waals surface area contributed by atoms with Crippen LogP contribution in [-0.4, -0.2) is 60.2 Å². The molecule has 3 heterocycles. The fraction of sp³-hybridized carbons (Fsp3) is 0.240. The number of hydrogen-bond acceptors (Lipinski definition) is 6. The van der Waals surface area contributed by atoms with Crippen LogP contribution in [-0.2, 0) is 11.2 Å². The number of nitrogens with one attached hydrogen (secondary N) is 1. The summed E-state index contributed by atoms with van der Waals surface area (Å²) in [6.07, 6.45) is 2.89. The van der Waals surface area contributed by atoms with Gasteiger partial charge in [0, 0.05) is 43.0 Å². The summed E-state index contributed by atoms with van der Waals surface area (Å²) in [5, 5.41) is 8.56. The van der Waals surface area contributed by atoms with Crippen LogP contribution in [0, 0.1) is 0 Å². The lowest BCUT2D eigenvalue weighted by atomic mass is 10.0. The van der Waals surface area contributed by atoms with Gasteiger partial charge in [0.1, 0.15) is 13.7 Å². The quantitative estimate of drug-likeness (QED) is 0.303. The summed E-state index contributed by atoms with van der Waals surface area (Å²) in [4.78, 5) is 19.2. The van der Waals surface area contributed by atoms with E-state index in [2.05, 4.69) is 10.4 Å². The molecule has 0 atom stereocenters. The Morgan fingerprint density at radius 3 is 2.89 bits per heavy atom. The maximum absolute atomic E-state index is 12.7. The van der Waals surface area contributed by atoms with Crippen LogP contribution in [0.25, 0.3) is 16.9 Å². The molecule has 8 nitrogen and oxygen atoms in total. The molecule has 0 saturated carbocycles. The number of carbonyl (C=O) groups is 1. The van der Waals surface area contributed by atoms with Crippen molar-refractivity contribution in [3.8, 4) is 22.8 Å². The number of rotatable bonds is 8. The smallest absolute Gasteiger partial charge is 0.231 e. The lowest BCUT2D eigenvalue weighted by Gasteiger charge is -2.18. The van der Waals surface area contributed by atoms with E-state index < -0.39 is 0 Å². The molecule has 0 saturated heterocycles. The fourth-order valence-corrected chi connectivity index (χ4v) is 4.26. The summed E-state index contributed by atoms with van der Waals surface area (Å²) in [5.41, 5.74) is 4.32. The first-order valence-corrected chi connectivity index (χ1v) is 11.8. The summed E-state index contributed by atoms with van der Waals surface area (Å²) in [5.74, 6) is 2.29. The first kappa shape index (κ1) is 23.0. The van der Waals surface area contributed by atoms with Gasteiger partial charge in [0.05, 0.1) is 12.1 Å². The Kier molecular flexibility index (Phi) is 6.50. The Morgan fingerprint density at radius 1 is 1.20 bits per heavy atom. The van der Waals surface area contributed by atoms with Crippen LogP contribution in [0.2, 0.25) is 5.02 Å². The highest BCUT2D eigenvalue weighted by Crippen LogP contribution is 2.32. The summed E-state index contributed by atoms with van der Waals surface area (Å²) < 4.78 is 12.5. The van der Waals surface area contributed by atoms with E-state index in [0.29, 0.717) is 30.3 Å². The predicted octanol–water partition coefficient (Wildman–Crippen LogP) is 2.54. The highest BCUT2D eigenvalue weighted by atomic mass is 35.5. The molecule has 1 N–H and O–H groups in total. The molecule has 0 spiro atoms. The van der Waals surface area contributed by atoms with Crippen LogP contribution in [0.5, 0.6) is 11.5 Å². The van der Waals surface area contributed by atoms with Gasteiger partial charge < -0.3 is 19.7 Å². The zero-order valence-electron chi connectivity index (χ0n) is 19.6. The van der Waals surface area contributed by atoms with Crippen LogP contribution >= 0.6 is 11.6 Å². The fourth-order valence-electron chi connectivity index (χ4n) is 4.02. The highest BCUT2D eigenvalue weighted by molar-refractivity contribution is 6.36. The molecule has 5 rings (SSSR count). The van der Waals surface area contributed by atoms with E-state index in [1.165, 1.54) is 0 Å². The Bertz CT molecular complexity index is 1390. The number of amides is 1. The summed E-state index contributed by atoms with van der Waals surface area (Å²) in [6, 6.07) is 15.2. The van der Waals surface area contributed by atoms with Crippen molar-refractivity contribution in [1.82, 2.24) is 19.5 Å². The molecular weight excluding hydrogens is 465 g/mol. The molecule has 178 valence electrons. The third-order valence-corrected chi connectivity index (χ3v) is 6.32. The molecule has 1 aliphatic heterocycles. The van der Waals surface area contributed by atoms with Crippen molar-refractivity contribution in [2.45, 2.75) is 12.8 Å². The summed E-state index contributed by atoms with van der Waals surface area (Å²) >= 11 is 6.42. The third-order valence-electron chi connectivity index (χ3n) is 5.99. The maximum Gasteiger partial charge on any atom is 0.231 e. The van der Waals surface area contributed by atoms with E-state index in [-0.39, 0.29) is 12.7 Å². The normalized spacial score (nSPS) is 12.2. The number of aromatic nitrogens is 3. The molecule has 2 aromatic heterocycles. The van der Waals surface area contributed by atoms with Crippen LogP contribution in [0.1, 0.15) is 12.0 Å². The van der Waals surface area contributed by atoms with Gasteiger partial charge in [-0.05, 0) is 35.6 Å². The number of ether oxygens (including phenoxy) is 2. The molecule has 35 heavy (non-hydrogen) atoms. The first-order chi connectivity index (χ1) is 17.0. The molecule has 1 aliphatic rings. The first-order valence-electron chi connectivity index (χ1n) is 11.5. The number of fused-ring (bicyclic) bond motifs is 2. The predicted molar refractivity (Wildman–Crippen MR) is 139 cm³/mol. The number of halogens is 1. The number of nitrogens with zero attached hydrogens (tertiary/aromatic N) is 4. The second kappa shape index (κ2) is 9.87. The Balaban J connectivity index is 1.21. The number of benzene rings is 2. The van der Waals surface area contributed by atoms with Gasteiger partial charge in [-0.2, -0.15) is 9.61 Å². The molecule has 0 fully saturated rings. The van der Waals surface area contributed by atoms with Crippen molar-refractivity contribution in [1.29, 1.82) is 0 Å². The summed E-state index contributed by atoms with van der Waals surface area (Å²) in [6.45, 7) is 1.52. The Morgan fingerprint density at radius 2 is 2.03 bits per heavy atom. The van der Waals surface area contributed by atoms with Crippen molar-refractivity contribution in [2.75, 3.05) is 32.2 Å². The van der Waals surface area contributed by atoms with Gasteiger partial charge in [-0.3, -0.25) is 4.79 Å². The van der Waals surface area contributed by atoms with Gasteiger partial charge in [-0.15, -0.1) is 0 Å². The molecule has 0 radical (unpaired) electrons. The lowest BCUT2D eigenvalue weighted by Crippen LogP contribution is -2.30. The topological polar surface area (TPSA) is 81.0 Å². The molecular formula is C25H25BClN5O3. The average Bonchev–Trinajstić information content (AvgIpc) is 3.48. The minimum atomic E-state index is 0.0545. The van der Waals surface area contributed by atoms with Gasteiger partial charge >= 0.3 is 0 Å². The monoisotopic (exact) mass is 489 g/mol. The molecule has 4 aromatic rings. The van der Waals surface area contributed by atoms with Crippen LogP contribution in [0.3, 0.4) is 0 Å². The molecule has 0 unspecified atom stereocenters. The van der Waals surface area contributed by atoms with Crippen molar-refractivity contribution < 1.29 is 14.3 Å². The van der Waals surface area contributed by atoms with Crippen molar-refractivity contribution >= 4 is 42.3 Å². The SMILES string of the molecule is Bc1cnn2c(NCCCN(C)C(=O)Cc3ccc4c(c3)OCO4)cc(-c3ccccc3Cl)nc12. The molecule has 10 heteroatoms. The van der Waals surface area contributed by atoms with Gasteiger partial charge in [-0.1, -0.05) is 35.9 Å². The zero-order chi connectivity index (χ0) is 24.4. The Labute approximate surface area is 209 Å². The number of anilines is 1. The van der Waals surface area contributed by atoms with E-state index in [1.807, 2.05) is 63.4 Å². The minimum absolute atomic E-state index is 0.0545. The molecule has 0 bridgehead atoms. The van der Waals surface area contributed by atoms with Crippen molar-refractivity contribution in [2.24, 2.45) is 0 Å². The second-order valence-corrected chi connectivity index (χ2v) is 8.94. The van der Waals surface area contributed by atoms with E-state index in [1.54, 1.807) is 15.6 Å². The summed E-state index contributed by atoms with van der Waals surface area (Å²) in [7, 11) is 3.81. The molecule has 2 aromatic carbocycles. The van der Waals surface area contributed by atoms with Gasteiger partial charge in [-0.25, -0.2) is 4.98 Å². The van der Waals surface area contributed by atoms with Crippen molar-refractivity contribution in [3.05, 3.63) is 65.3 Å². The highest BCUT2D eigenvalue weighted by Gasteiger charge is 2.16. The van der Waals surface area contributed by atoms with Gasteiger partial charge in [0.2, 0.25) is 12.7 Å². The van der Waals surface area contributed by atoms with Crippen LogP contribution in [0.15, 0.2) is 54.7 Å². The largest absolute Gasteiger partial charge is 0.454 e. The molecule has 0 aliphatic carbocycles. The maximum atomic E-state index is 12.7. The Hall–Kier alpha value is -3.72. The number of hydrogen-bond donors (Lipinski definition) is 1. The number of likely N-dealkylation sites (N-methyl/N-ethyl adjacent to an activating group) is 1. The van der Waals surface area contributed by atoms with Crippen LogP contribution < -0.4 is 20.3 Å². The van der Waals surface area contributed by atoms with E-state index >= 15 is 0 Å².